The summed E-state index contributed by atoms with van der Waals surface area (Å²) in [6.45, 7) is 0.494. The van der Waals surface area contributed by atoms with Gasteiger partial charge in [-0.3, -0.25) is 0 Å². The third-order valence-electron chi connectivity index (χ3n) is 2.05. The molecule has 1 aromatic carbocycles. The third-order valence-corrected chi connectivity index (χ3v) is 2.46. The number of phenolic OH excluding ortho intramolecular Hbond substituents is 1. The molecule has 0 fully saturated rings. The Hall–Kier alpha value is -1.62. The van der Waals surface area contributed by atoms with Gasteiger partial charge in [0, 0.05) is 24.5 Å². The molecule has 0 bridgehead atoms. The van der Waals surface area contributed by atoms with E-state index in [2.05, 4.69) is 31.2 Å². The van der Waals surface area contributed by atoms with E-state index in [4.69, 9.17) is 0 Å². The van der Waals surface area contributed by atoms with Gasteiger partial charge in [-0.1, -0.05) is 18.2 Å². The number of rotatable bonds is 3. The molecule has 0 aliphatic heterocycles. The molecule has 0 unspecified atom stereocenters. The van der Waals surface area contributed by atoms with Gasteiger partial charge < -0.3 is 10.4 Å². The van der Waals surface area contributed by atoms with Crippen LogP contribution >= 0.6 is 15.9 Å². The lowest BCUT2D eigenvalue weighted by Crippen LogP contribution is -2.03. The Morgan fingerprint density at radius 1 is 1.19 bits per heavy atom. The molecule has 0 saturated heterocycles. The number of phenols is 1. The zero-order chi connectivity index (χ0) is 11.4. The van der Waals surface area contributed by atoms with E-state index in [0.29, 0.717) is 12.5 Å². The Balaban J connectivity index is 2.02. The molecule has 0 aliphatic carbocycles. The molecule has 2 aromatic rings. The van der Waals surface area contributed by atoms with Crippen molar-refractivity contribution in [2.75, 3.05) is 5.32 Å². The van der Waals surface area contributed by atoms with Gasteiger partial charge in [0.1, 0.15) is 5.75 Å². The SMILES string of the molecule is Oc1ccccc1CNc1ncc(Br)cn1. The number of hydrogen-bond donors (Lipinski definition) is 2. The van der Waals surface area contributed by atoms with Gasteiger partial charge in [-0.2, -0.15) is 0 Å². The van der Waals surface area contributed by atoms with E-state index in [-0.39, 0.29) is 5.75 Å². The van der Waals surface area contributed by atoms with E-state index < -0.39 is 0 Å². The van der Waals surface area contributed by atoms with Gasteiger partial charge in [0.25, 0.3) is 0 Å². The number of para-hydroxylation sites is 1. The number of nitrogens with one attached hydrogen (secondary N) is 1. The molecule has 0 saturated carbocycles. The maximum Gasteiger partial charge on any atom is 0.222 e. The molecule has 1 heterocycles. The quantitative estimate of drug-likeness (QED) is 0.907. The van der Waals surface area contributed by atoms with Gasteiger partial charge >= 0.3 is 0 Å². The fraction of sp³-hybridized carbons (Fsp3) is 0.0909. The molecular weight excluding hydrogens is 270 g/mol. The number of aromatic nitrogens is 2. The minimum absolute atomic E-state index is 0.270. The summed E-state index contributed by atoms with van der Waals surface area (Å²) in [7, 11) is 0. The molecule has 0 amide bonds. The van der Waals surface area contributed by atoms with Crippen LogP contribution in [0.5, 0.6) is 5.75 Å². The molecule has 0 atom stereocenters. The Bertz CT molecular complexity index is 473. The smallest absolute Gasteiger partial charge is 0.222 e. The van der Waals surface area contributed by atoms with E-state index in [1.165, 1.54) is 0 Å². The summed E-state index contributed by atoms with van der Waals surface area (Å²) in [5.74, 6) is 0.804. The summed E-state index contributed by atoms with van der Waals surface area (Å²) in [6, 6.07) is 7.16. The van der Waals surface area contributed by atoms with E-state index in [9.17, 15) is 5.11 Å². The molecule has 16 heavy (non-hydrogen) atoms. The van der Waals surface area contributed by atoms with Gasteiger partial charge in [0.15, 0.2) is 0 Å². The maximum absolute atomic E-state index is 9.54. The summed E-state index contributed by atoms with van der Waals surface area (Å²) in [4.78, 5) is 8.14. The first kappa shape index (κ1) is 10.9. The van der Waals surface area contributed by atoms with E-state index in [1.54, 1.807) is 24.5 Å². The maximum atomic E-state index is 9.54. The van der Waals surface area contributed by atoms with Crippen LogP contribution in [0, 0.1) is 0 Å². The molecular formula is C11H10BrN3O. The van der Waals surface area contributed by atoms with E-state index in [1.807, 2.05) is 12.1 Å². The van der Waals surface area contributed by atoms with Gasteiger partial charge in [-0.15, -0.1) is 0 Å². The van der Waals surface area contributed by atoms with Crippen LogP contribution < -0.4 is 5.32 Å². The lowest BCUT2D eigenvalue weighted by atomic mass is 10.2. The van der Waals surface area contributed by atoms with Gasteiger partial charge in [-0.05, 0) is 22.0 Å². The zero-order valence-corrected chi connectivity index (χ0v) is 9.98. The highest BCUT2D eigenvalue weighted by Gasteiger charge is 2.00. The Kier molecular flexibility index (Phi) is 3.36. The Labute approximate surface area is 102 Å². The molecule has 2 rings (SSSR count). The average Bonchev–Trinajstić information content (AvgIpc) is 2.30. The predicted molar refractivity (Wildman–Crippen MR) is 65.2 cm³/mol. The monoisotopic (exact) mass is 279 g/mol. The van der Waals surface area contributed by atoms with Crippen LogP contribution in [0.25, 0.3) is 0 Å². The van der Waals surface area contributed by atoms with Crippen LogP contribution in [0.2, 0.25) is 0 Å². The fourth-order valence-electron chi connectivity index (χ4n) is 1.24. The number of aromatic hydroxyl groups is 1. The largest absolute Gasteiger partial charge is 0.508 e. The normalized spacial score (nSPS) is 10.1. The minimum atomic E-state index is 0.270. The minimum Gasteiger partial charge on any atom is -0.508 e. The van der Waals surface area contributed by atoms with Gasteiger partial charge in [0.05, 0.1) is 4.47 Å². The number of benzene rings is 1. The molecule has 2 N–H and O–H groups in total. The predicted octanol–water partition coefficient (Wildman–Crippen LogP) is 2.56. The van der Waals surface area contributed by atoms with Crippen molar-refractivity contribution in [3.05, 3.63) is 46.7 Å². The van der Waals surface area contributed by atoms with Crippen molar-refractivity contribution in [3.63, 3.8) is 0 Å². The summed E-state index contributed by atoms with van der Waals surface area (Å²) in [5, 5.41) is 12.6. The van der Waals surface area contributed by atoms with Gasteiger partial charge in [-0.25, -0.2) is 9.97 Å². The molecule has 1 aromatic heterocycles. The van der Waals surface area contributed by atoms with Crippen LogP contribution in [0.4, 0.5) is 5.95 Å². The first-order valence-electron chi connectivity index (χ1n) is 4.74. The summed E-state index contributed by atoms with van der Waals surface area (Å²) < 4.78 is 0.834. The topological polar surface area (TPSA) is 58.0 Å². The van der Waals surface area contributed by atoms with Crippen LogP contribution in [0.15, 0.2) is 41.1 Å². The second-order valence-electron chi connectivity index (χ2n) is 3.21. The first-order valence-corrected chi connectivity index (χ1v) is 5.53. The van der Waals surface area contributed by atoms with Crippen molar-refractivity contribution < 1.29 is 5.11 Å². The second kappa shape index (κ2) is 4.94. The number of hydrogen-bond acceptors (Lipinski definition) is 4. The molecule has 4 nitrogen and oxygen atoms in total. The Morgan fingerprint density at radius 2 is 1.88 bits per heavy atom. The molecule has 5 heteroatoms. The van der Waals surface area contributed by atoms with Crippen molar-refractivity contribution in [3.8, 4) is 5.75 Å². The number of halogens is 1. The van der Waals surface area contributed by atoms with Gasteiger partial charge in [0.2, 0.25) is 5.95 Å². The molecule has 82 valence electrons. The van der Waals surface area contributed by atoms with Crippen molar-refractivity contribution in [1.82, 2.24) is 9.97 Å². The number of nitrogens with zero attached hydrogens (tertiary/aromatic N) is 2. The summed E-state index contributed by atoms with van der Waals surface area (Å²) >= 11 is 3.26. The highest BCUT2D eigenvalue weighted by atomic mass is 79.9. The lowest BCUT2D eigenvalue weighted by molar-refractivity contribution is 0.469. The molecule has 0 spiro atoms. The standard InChI is InChI=1S/C11H10BrN3O/c12-9-6-14-11(15-7-9)13-5-8-3-1-2-4-10(8)16/h1-4,6-7,16H,5H2,(H,13,14,15). The zero-order valence-electron chi connectivity index (χ0n) is 8.39. The Morgan fingerprint density at radius 3 is 2.56 bits per heavy atom. The fourth-order valence-corrected chi connectivity index (χ4v) is 1.44. The van der Waals surface area contributed by atoms with Crippen molar-refractivity contribution >= 4 is 21.9 Å². The van der Waals surface area contributed by atoms with E-state index in [0.717, 1.165) is 10.0 Å². The second-order valence-corrected chi connectivity index (χ2v) is 4.12. The summed E-state index contributed by atoms with van der Waals surface area (Å²) in [6.07, 6.45) is 3.33. The van der Waals surface area contributed by atoms with E-state index >= 15 is 0 Å². The van der Waals surface area contributed by atoms with Crippen LogP contribution in [-0.4, -0.2) is 15.1 Å². The highest BCUT2D eigenvalue weighted by molar-refractivity contribution is 9.10. The third kappa shape index (κ3) is 2.70. The molecule has 0 aliphatic rings. The van der Waals surface area contributed by atoms with Crippen LogP contribution in [0.3, 0.4) is 0 Å². The van der Waals surface area contributed by atoms with Crippen molar-refractivity contribution in [2.24, 2.45) is 0 Å². The highest BCUT2D eigenvalue weighted by Crippen LogP contribution is 2.16. The van der Waals surface area contributed by atoms with Crippen molar-refractivity contribution in [2.45, 2.75) is 6.54 Å². The molecule has 0 radical (unpaired) electrons. The lowest BCUT2D eigenvalue weighted by Gasteiger charge is -2.06. The number of anilines is 1. The summed E-state index contributed by atoms with van der Waals surface area (Å²) in [5.41, 5.74) is 0.814. The van der Waals surface area contributed by atoms with Crippen LogP contribution in [-0.2, 0) is 6.54 Å². The van der Waals surface area contributed by atoms with Crippen LogP contribution in [0.1, 0.15) is 5.56 Å². The first-order chi connectivity index (χ1) is 7.75. The van der Waals surface area contributed by atoms with Crippen molar-refractivity contribution in [1.29, 1.82) is 0 Å². The average molecular weight is 280 g/mol.